The number of carbonyl (C=O) groups is 3. The summed E-state index contributed by atoms with van der Waals surface area (Å²) >= 11 is 0. The lowest BCUT2D eigenvalue weighted by atomic mass is 9.94. The number of para-hydroxylation sites is 1. The van der Waals surface area contributed by atoms with E-state index in [1.807, 2.05) is 0 Å². The Bertz CT molecular complexity index is 803. The normalized spacial score (nSPS) is 24.9. The third-order valence-corrected chi connectivity index (χ3v) is 6.45. The molecule has 1 aromatic carbocycles. The Balaban J connectivity index is 1.74. The standard InChI is InChI=1S/C22H29N3O4/c1-29-15-14-24-20(27)17-10-6-7-11-18(17)25-19(26)12-13-22(24,25)21(28)23-16-8-4-2-3-5-9-16/h6-7,10-11,16H,2-5,8-9,12-15H2,1H3,(H,23,28). The lowest BCUT2D eigenvalue weighted by Gasteiger charge is -2.49. The van der Waals surface area contributed by atoms with Crippen LogP contribution in [0.25, 0.3) is 0 Å². The molecule has 1 unspecified atom stereocenters. The van der Waals surface area contributed by atoms with Gasteiger partial charge in [-0.05, 0) is 25.0 Å². The minimum atomic E-state index is -1.31. The predicted octanol–water partition coefficient (Wildman–Crippen LogP) is 2.45. The molecular weight excluding hydrogens is 370 g/mol. The topological polar surface area (TPSA) is 79.0 Å². The van der Waals surface area contributed by atoms with Crippen molar-refractivity contribution in [2.45, 2.75) is 63.1 Å². The zero-order chi connectivity index (χ0) is 20.4. The first kappa shape index (κ1) is 19.9. The number of hydrogen-bond donors (Lipinski definition) is 1. The smallest absolute Gasteiger partial charge is 0.267 e. The van der Waals surface area contributed by atoms with Gasteiger partial charge in [0.15, 0.2) is 0 Å². The molecule has 0 radical (unpaired) electrons. The van der Waals surface area contributed by atoms with E-state index >= 15 is 0 Å². The number of benzene rings is 1. The van der Waals surface area contributed by atoms with E-state index in [0.717, 1.165) is 25.7 Å². The third-order valence-electron chi connectivity index (χ3n) is 6.45. The van der Waals surface area contributed by atoms with Crippen LogP contribution in [0.15, 0.2) is 24.3 Å². The molecule has 4 rings (SSSR count). The molecule has 0 aromatic heterocycles. The lowest BCUT2D eigenvalue weighted by molar-refractivity contribution is -0.134. The van der Waals surface area contributed by atoms with Crippen molar-refractivity contribution in [2.24, 2.45) is 0 Å². The van der Waals surface area contributed by atoms with Crippen LogP contribution in [0.5, 0.6) is 0 Å². The number of nitrogens with one attached hydrogen (secondary N) is 1. The quantitative estimate of drug-likeness (QED) is 0.772. The van der Waals surface area contributed by atoms with Crippen molar-refractivity contribution in [2.75, 3.05) is 25.2 Å². The van der Waals surface area contributed by atoms with Gasteiger partial charge < -0.3 is 15.0 Å². The van der Waals surface area contributed by atoms with E-state index in [1.165, 1.54) is 12.8 Å². The number of rotatable bonds is 5. The Kier molecular flexibility index (Phi) is 5.58. The second-order valence-corrected chi connectivity index (χ2v) is 8.17. The van der Waals surface area contributed by atoms with Gasteiger partial charge in [0, 0.05) is 32.5 Å². The molecule has 1 saturated heterocycles. The van der Waals surface area contributed by atoms with Crippen LogP contribution in [-0.2, 0) is 14.3 Å². The molecule has 156 valence electrons. The van der Waals surface area contributed by atoms with Gasteiger partial charge in [-0.1, -0.05) is 37.8 Å². The van der Waals surface area contributed by atoms with Crippen LogP contribution in [0.1, 0.15) is 61.7 Å². The molecule has 7 nitrogen and oxygen atoms in total. The van der Waals surface area contributed by atoms with Gasteiger partial charge in [0.25, 0.3) is 11.8 Å². The zero-order valence-corrected chi connectivity index (χ0v) is 17.0. The number of amides is 3. The summed E-state index contributed by atoms with van der Waals surface area (Å²) in [6.07, 6.45) is 6.99. The van der Waals surface area contributed by atoms with Gasteiger partial charge in [0.1, 0.15) is 0 Å². The Labute approximate surface area is 171 Å². The first-order valence-corrected chi connectivity index (χ1v) is 10.6. The number of carbonyl (C=O) groups excluding carboxylic acids is 3. The van der Waals surface area contributed by atoms with E-state index in [9.17, 15) is 14.4 Å². The first-order chi connectivity index (χ1) is 14.1. The Morgan fingerprint density at radius 1 is 1.17 bits per heavy atom. The molecule has 3 amide bonds. The molecule has 1 aliphatic carbocycles. The predicted molar refractivity (Wildman–Crippen MR) is 108 cm³/mol. The summed E-state index contributed by atoms with van der Waals surface area (Å²) in [6, 6.07) is 7.16. The Morgan fingerprint density at radius 3 is 2.62 bits per heavy atom. The van der Waals surface area contributed by atoms with E-state index in [4.69, 9.17) is 4.74 Å². The highest BCUT2D eigenvalue weighted by molar-refractivity contribution is 6.16. The fourth-order valence-corrected chi connectivity index (χ4v) is 4.99. The fraction of sp³-hybridized carbons (Fsp3) is 0.591. The molecule has 29 heavy (non-hydrogen) atoms. The average Bonchev–Trinajstić information content (AvgIpc) is 2.90. The molecule has 2 aliphatic heterocycles. The third kappa shape index (κ3) is 3.31. The monoisotopic (exact) mass is 399 g/mol. The second kappa shape index (κ2) is 8.14. The van der Waals surface area contributed by atoms with Crippen molar-refractivity contribution >= 4 is 23.4 Å². The molecule has 0 bridgehead atoms. The van der Waals surface area contributed by atoms with Crippen molar-refractivity contribution in [3.05, 3.63) is 29.8 Å². The highest BCUT2D eigenvalue weighted by Crippen LogP contribution is 2.44. The second-order valence-electron chi connectivity index (χ2n) is 8.17. The van der Waals surface area contributed by atoms with Crippen molar-refractivity contribution in [1.29, 1.82) is 0 Å². The number of nitrogens with zero attached hydrogens (tertiary/aromatic N) is 2. The minimum absolute atomic E-state index is 0.0912. The molecule has 2 fully saturated rings. The van der Waals surface area contributed by atoms with Crippen molar-refractivity contribution in [3.63, 3.8) is 0 Å². The van der Waals surface area contributed by atoms with Crippen molar-refractivity contribution in [1.82, 2.24) is 10.2 Å². The summed E-state index contributed by atoms with van der Waals surface area (Å²) in [5, 5.41) is 3.20. The molecule has 0 spiro atoms. The summed E-state index contributed by atoms with van der Waals surface area (Å²) in [7, 11) is 1.57. The molecule has 3 aliphatic rings. The van der Waals surface area contributed by atoms with E-state index < -0.39 is 5.66 Å². The highest BCUT2D eigenvalue weighted by atomic mass is 16.5. The van der Waals surface area contributed by atoms with E-state index in [2.05, 4.69) is 5.32 Å². The van der Waals surface area contributed by atoms with Crippen molar-refractivity contribution in [3.8, 4) is 0 Å². The maximum absolute atomic E-state index is 13.7. The number of hydrogen-bond acceptors (Lipinski definition) is 4. The number of methoxy groups -OCH3 is 1. The molecule has 1 saturated carbocycles. The lowest BCUT2D eigenvalue weighted by Crippen LogP contribution is -2.71. The van der Waals surface area contributed by atoms with Crippen LogP contribution < -0.4 is 10.2 Å². The first-order valence-electron chi connectivity index (χ1n) is 10.6. The SMILES string of the molecule is COCCN1C(=O)c2ccccc2N2C(=O)CCC12C(=O)NC1CCCCCC1. The van der Waals surface area contributed by atoms with Gasteiger partial charge in [-0.25, -0.2) is 0 Å². The average molecular weight is 399 g/mol. The summed E-state index contributed by atoms with van der Waals surface area (Å²) < 4.78 is 5.22. The van der Waals surface area contributed by atoms with Crippen LogP contribution >= 0.6 is 0 Å². The maximum Gasteiger partial charge on any atom is 0.267 e. The maximum atomic E-state index is 13.7. The van der Waals surface area contributed by atoms with Crippen molar-refractivity contribution < 1.29 is 19.1 Å². The van der Waals surface area contributed by atoms with Crippen LogP contribution in [0.2, 0.25) is 0 Å². The minimum Gasteiger partial charge on any atom is -0.383 e. The van der Waals surface area contributed by atoms with Crippen LogP contribution in [0.3, 0.4) is 0 Å². The molecule has 1 atom stereocenters. The largest absolute Gasteiger partial charge is 0.383 e. The van der Waals surface area contributed by atoms with E-state index in [0.29, 0.717) is 24.3 Å². The molecule has 2 heterocycles. The van der Waals surface area contributed by atoms with Crippen LogP contribution in [-0.4, -0.2) is 54.6 Å². The van der Waals surface area contributed by atoms with E-state index in [1.54, 1.807) is 41.2 Å². The summed E-state index contributed by atoms with van der Waals surface area (Å²) in [6.45, 7) is 0.555. The van der Waals surface area contributed by atoms with E-state index in [-0.39, 0.29) is 36.7 Å². The molecule has 7 heteroatoms. The van der Waals surface area contributed by atoms with Gasteiger partial charge in [0.05, 0.1) is 17.9 Å². The Morgan fingerprint density at radius 2 is 1.90 bits per heavy atom. The van der Waals surface area contributed by atoms with Crippen LogP contribution in [0.4, 0.5) is 5.69 Å². The summed E-state index contributed by atoms with van der Waals surface area (Å²) in [5.41, 5.74) is -0.325. The van der Waals surface area contributed by atoms with Gasteiger partial charge in [-0.3, -0.25) is 19.3 Å². The molecule has 1 aromatic rings. The fourth-order valence-electron chi connectivity index (χ4n) is 4.99. The summed E-state index contributed by atoms with van der Waals surface area (Å²) in [5.74, 6) is -0.586. The zero-order valence-electron chi connectivity index (χ0n) is 17.0. The van der Waals surface area contributed by atoms with Gasteiger partial charge >= 0.3 is 0 Å². The Hall–Kier alpha value is -2.41. The van der Waals surface area contributed by atoms with Gasteiger partial charge in [0.2, 0.25) is 11.6 Å². The molecular formula is C22H29N3O4. The van der Waals surface area contributed by atoms with Gasteiger partial charge in [-0.2, -0.15) is 0 Å². The number of fused-ring (bicyclic) bond motifs is 3. The molecule has 1 N–H and O–H groups in total. The summed E-state index contributed by atoms with van der Waals surface area (Å²) in [4.78, 5) is 43.1. The van der Waals surface area contributed by atoms with Crippen LogP contribution in [0, 0.1) is 0 Å². The number of ether oxygens (including phenoxy) is 1. The highest BCUT2D eigenvalue weighted by Gasteiger charge is 2.60. The number of anilines is 1. The van der Waals surface area contributed by atoms with Gasteiger partial charge in [-0.15, -0.1) is 0 Å².